The maximum Gasteiger partial charge on any atom is 0.0890 e. The van der Waals surface area contributed by atoms with Crippen LogP contribution in [0.1, 0.15) is 39.0 Å². The highest BCUT2D eigenvalue weighted by atomic mass is 16.3. The van der Waals surface area contributed by atoms with E-state index >= 15 is 0 Å². The number of fused-ring (bicyclic) bond motifs is 1. The van der Waals surface area contributed by atoms with Crippen LogP contribution in [0.5, 0.6) is 0 Å². The fraction of sp³-hybridized carbons (Fsp3) is 0.714. The van der Waals surface area contributed by atoms with Gasteiger partial charge in [-0.15, -0.1) is 6.58 Å². The molecule has 2 heteroatoms. The third-order valence-corrected chi connectivity index (χ3v) is 4.13. The fourth-order valence-corrected chi connectivity index (χ4v) is 3.25. The summed E-state index contributed by atoms with van der Waals surface area (Å²) in [6.07, 6.45) is 7.28. The van der Waals surface area contributed by atoms with Gasteiger partial charge in [-0.25, -0.2) is 0 Å². The molecule has 2 rings (SSSR count). The number of hydrogen-bond donors (Lipinski definition) is 1. The van der Waals surface area contributed by atoms with Crippen molar-refractivity contribution >= 4 is 0 Å². The van der Waals surface area contributed by atoms with E-state index in [-0.39, 0.29) is 0 Å². The first-order valence-corrected chi connectivity index (χ1v) is 6.26. The summed E-state index contributed by atoms with van der Waals surface area (Å²) in [6.45, 7) is 6.56. The predicted molar refractivity (Wildman–Crippen MR) is 65.7 cm³/mol. The normalized spacial score (nSPS) is 38.2. The lowest BCUT2D eigenvalue weighted by atomic mass is 9.69. The molecule has 2 nitrogen and oxygen atoms in total. The molecule has 2 aliphatic rings. The number of rotatable bonds is 1. The predicted octanol–water partition coefficient (Wildman–Crippen LogP) is 2.15. The Kier molecular flexibility index (Phi) is 3.25. The summed E-state index contributed by atoms with van der Waals surface area (Å²) >= 11 is 0. The maximum atomic E-state index is 10.6. The monoisotopic (exact) mass is 219 g/mol. The summed E-state index contributed by atoms with van der Waals surface area (Å²) in [5.41, 5.74) is -0.656. The molecule has 2 fully saturated rings. The highest BCUT2D eigenvalue weighted by molar-refractivity contribution is 5.12. The number of nitrogens with zero attached hydrogens (tertiary/aromatic N) is 1. The summed E-state index contributed by atoms with van der Waals surface area (Å²) in [5, 5.41) is 10.6. The summed E-state index contributed by atoms with van der Waals surface area (Å²) in [6, 6.07) is 3.61. The van der Waals surface area contributed by atoms with Gasteiger partial charge in [-0.05, 0) is 26.2 Å². The minimum atomic E-state index is -0.656. The van der Waals surface area contributed by atoms with Gasteiger partial charge >= 0.3 is 0 Å². The minimum absolute atomic E-state index is 0.327. The zero-order valence-corrected chi connectivity index (χ0v) is 10.1. The molecule has 1 saturated carbocycles. The van der Waals surface area contributed by atoms with Crippen LogP contribution in [0.15, 0.2) is 12.7 Å². The first kappa shape index (κ1) is 11.5. The lowest BCUT2D eigenvalue weighted by molar-refractivity contribution is -0.0668. The average Bonchev–Trinajstić information content (AvgIpc) is 2.34. The van der Waals surface area contributed by atoms with Crippen molar-refractivity contribution in [2.45, 2.75) is 50.7 Å². The molecule has 16 heavy (non-hydrogen) atoms. The largest absolute Gasteiger partial charge is 0.385 e. The van der Waals surface area contributed by atoms with E-state index in [2.05, 4.69) is 23.4 Å². The smallest absolute Gasteiger partial charge is 0.0890 e. The zero-order valence-electron chi connectivity index (χ0n) is 10.1. The molecule has 1 heterocycles. The van der Waals surface area contributed by atoms with E-state index in [4.69, 9.17) is 0 Å². The van der Waals surface area contributed by atoms with E-state index in [1.807, 2.05) is 6.92 Å². The van der Waals surface area contributed by atoms with Crippen LogP contribution in [0.25, 0.3) is 0 Å². The number of piperidine rings is 1. The van der Waals surface area contributed by atoms with Crippen molar-refractivity contribution in [3.05, 3.63) is 12.7 Å². The van der Waals surface area contributed by atoms with E-state index in [0.29, 0.717) is 12.0 Å². The number of likely N-dealkylation sites (tertiary alicyclic amines) is 1. The van der Waals surface area contributed by atoms with Gasteiger partial charge in [0.1, 0.15) is 0 Å². The molecule has 1 N–H and O–H groups in total. The van der Waals surface area contributed by atoms with Gasteiger partial charge in [-0.3, -0.25) is 0 Å². The van der Waals surface area contributed by atoms with Gasteiger partial charge in [0.25, 0.3) is 0 Å². The summed E-state index contributed by atoms with van der Waals surface area (Å²) in [5.74, 6) is 3.31. The standard InChI is InChI=1S/C14H21NO/c1-3-10-15-11-9-14(16,4-2)12-7-5-6-8-13(12)15/h4,12-13,16H,2,5-9,11H2,1H3. The van der Waals surface area contributed by atoms with E-state index in [9.17, 15) is 5.11 Å². The van der Waals surface area contributed by atoms with E-state index < -0.39 is 5.60 Å². The zero-order chi connectivity index (χ0) is 11.6. The summed E-state index contributed by atoms with van der Waals surface area (Å²) < 4.78 is 0. The van der Waals surface area contributed by atoms with Gasteiger partial charge in [-0.2, -0.15) is 0 Å². The van der Waals surface area contributed by atoms with E-state index in [1.165, 1.54) is 12.8 Å². The Morgan fingerprint density at radius 3 is 2.88 bits per heavy atom. The molecular formula is C14H21NO. The highest BCUT2D eigenvalue weighted by Gasteiger charge is 2.45. The summed E-state index contributed by atoms with van der Waals surface area (Å²) in [7, 11) is 0. The quantitative estimate of drug-likeness (QED) is 0.539. The first-order chi connectivity index (χ1) is 7.71. The van der Waals surface area contributed by atoms with E-state index in [1.54, 1.807) is 6.08 Å². The van der Waals surface area contributed by atoms with Crippen LogP contribution in [0.4, 0.5) is 0 Å². The van der Waals surface area contributed by atoms with Gasteiger partial charge < -0.3 is 10.0 Å². The molecule has 3 unspecified atom stereocenters. The Morgan fingerprint density at radius 2 is 2.19 bits per heavy atom. The second-order valence-electron chi connectivity index (χ2n) is 4.96. The topological polar surface area (TPSA) is 23.5 Å². The number of hydrogen-bond acceptors (Lipinski definition) is 2. The second-order valence-corrected chi connectivity index (χ2v) is 4.96. The fourth-order valence-electron chi connectivity index (χ4n) is 3.25. The van der Waals surface area contributed by atoms with Crippen LogP contribution >= 0.6 is 0 Å². The van der Waals surface area contributed by atoms with Crippen molar-refractivity contribution in [3.8, 4) is 12.0 Å². The molecule has 0 bridgehead atoms. The Labute approximate surface area is 98.3 Å². The van der Waals surface area contributed by atoms with Crippen LogP contribution in [-0.2, 0) is 0 Å². The molecule has 88 valence electrons. The van der Waals surface area contributed by atoms with Crippen LogP contribution in [0.3, 0.4) is 0 Å². The van der Waals surface area contributed by atoms with Gasteiger partial charge in [0, 0.05) is 24.5 Å². The first-order valence-electron chi connectivity index (χ1n) is 6.26. The van der Waals surface area contributed by atoms with Crippen LogP contribution in [0, 0.1) is 17.9 Å². The third kappa shape index (κ3) is 1.85. The lowest BCUT2D eigenvalue weighted by Crippen LogP contribution is -2.56. The molecule has 1 saturated heterocycles. The average molecular weight is 219 g/mol. The molecule has 0 radical (unpaired) electrons. The van der Waals surface area contributed by atoms with Crippen LogP contribution in [0.2, 0.25) is 0 Å². The van der Waals surface area contributed by atoms with Crippen LogP contribution in [-0.4, -0.2) is 28.2 Å². The van der Waals surface area contributed by atoms with Crippen molar-refractivity contribution in [1.82, 2.24) is 4.90 Å². The number of aliphatic hydroxyl groups is 1. The molecule has 0 aromatic carbocycles. The molecule has 3 atom stereocenters. The SMILES string of the molecule is C=CC1(O)CCN(C#CC)C2CCCCC21. The Hall–Kier alpha value is -0.940. The molecule has 0 spiro atoms. The third-order valence-electron chi connectivity index (χ3n) is 4.13. The Bertz CT molecular complexity index is 327. The molecule has 0 amide bonds. The van der Waals surface area contributed by atoms with Crippen LogP contribution < -0.4 is 0 Å². The maximum absolute atomic E-state index is 10.6. The van der Waals surface area contributed by atoms with Crippen molar-refractivity contribution in [3.63, 3.8) is 0 Å². The Balaban J connectivity index is 2.23. The summed E-state index contributed by atoms with van der Waals surface area (Å²) in [4.78, 5) is 2.24. The lowest BCUT2D eigenvalue weighted by Gasteiger charge is -2.50. The van der Waals surface area contributed by atoms with Crippen molar-refractivity contribution in [2.75, 3.05) is 6.54 Å². The molecule has 0 aromatic rings. The molecule has 1 aliphatic heterocycles. The Morgan fingerprint density at radius 1 is 1.44 bits per heavy atom. The van der Waals surface area contributed by atoms with Crippen molar-refractivity contribution in [2.24, 2.45) is 5.92 Å². The molecule has 1 aliphatic carbocycles. The van der Waals surface area contributed by atoms with Gasteiger partial charge in [0.2, 0.25) is 0 Å². The van der Waals surface area contributed by atoms with Gasteiger partial charge in [0.15, 0.2) is 0 Å². The molecular weight excluding hydrogens is 198 g/mol. The van der Waals surface area contributed by atoms with E-state index in [0.717, 1.165) is 25.8 Å². The van der Waals surface area contributed by atoms with Crippen molar-refractivity contribution < 1.29 is 5.11 Å². The minimum Gasteiger partial charge on any atom is -0.385 e. The van der Waals surface area contributed by atoms with Gasteiger partial charge in [0.05, 0.1) is 5.60 Å². The second kappa shape index (κ2) is 4.51. The highest BCUT2D eigenvalue weighted by Crippen LogP contribution is 2.41. The van der Waals surface area contributed by atoms with Crippen molar-refractivity contribution in [1.29, 1.82) is 0 Å². The van der Waals surface area contributed by atoms with Gasteiger partial charge in [-0.1, -0.05) is 24.8 Å². The molecule has 0 aromatic heterocycles.